The lowest BCUT2D eigenvalue weighted by Crippen LogP contribution is -2.34. The Morgan fingerprint density at radius 1 is 0.727 bits per heavy atom. The maximum Gasteiger partial charge on any atom is 0.159 e. The van der Waals surface area contributed by atoms with Gasteiger partial charge in [-0.25, -0.2) is 0 Å². The number of phenols is 1. The molecule has 0 saturated heterocycles. The van der Waals surface area contributed by atoms with Crippen LogP contribution in [0.15, 0.2) is 66.7 Å². The standard InChI is InChI=1S/C29H32O2.C2H6/c1-19(30)20-6-8-21(9-7-20)27(22-10-13-24(31)14-11-22)23-12-15-25-26(18-23)29(4,5)17-16-28(25,2)3;1-2/h6-15,18,27,31H,16-17H2,1-5H3;1-2H3. The summed E-state index contributed by atoms with van der Waals surface area (Å²) in [4.78, 5) is 11.8. The molecular formula is C31H38O2. The van der Waals surface area contributed by atoms with Crippen LogP contribution in [0.1, 0.15) is 105 Å². The summed E-state index contributed by atoms with van der Waals surface area (Å²) in [5, 5.41) is 9.82. The number of rotatable bonds is 4. The second-order valence-electron chi connectivity index (χ2n) is 10.3. The summed E-state index contributed by atoms with van der Waals surface area (Å²) in [6.07, 6.45) is 2.37. The van der Waals surface area contributed by atoms with Gasteiger partial charge in [-0.15, -0.1) is 0 Å². The molecule has 1 atom stereocenters. The molecule has 0 radical (unpaired) electrons. The van der Waals surface area contributed by atoms with E-state index < -0.39 is 0 Å². The van der Waals surface area contributed by atoms with Gasteiger partial charge in [0.05, 0.1) is 0 Å². The van der Waals surface area contributed by atoms with E-state index in [1.165, 1.54) is 29.5 Å². The van der Waals surface area contributed by atoms with Gasteiger partial charge in [-0.1, -0.05) is 96.1 Å². The highest BCUT2D eigenvalue weighted by Crippen LogP contribution is 2.47. The Hall–Kier alpha value is -2.87. The smallest absolute Gasteiger partial charge is 0.159 e. The van der Waals surface area contributed by atoms with Gasteiger partial charge in [-0.3, -0.25) is 4.79 Å². The van der Waals surface area contributed by atoms with Gasteiger partial charge in [0.1, 0.15) is 5.75 Å². The summed E-state index contributed by atoms with van der Waals surface area (Å²) in [7, 11) is 0. The molecule has 0 saturated carbocycles. The number of hydrogen-bond donors (Lipinski definition) is 1. The van der Waals surface area contributed by atoms with E-state index >= 15 is 0 Å². The van der Waals surface area contributed by atoms with Gasteiger partial charge in [-0.2, -0.15) is 0 Å². The van der Waals surface area contributed by atoms with Gasteiger partial charge < -0.3 is 5.11 Å². The molecule has 0 fully saturated rings. The van der Waals surface area contributed by atoms with E-state index in [1.807, 2.05) is 38.1 Å². The lowest BCUT2D eigenvalue weighted by molar-refractivity contribution is 0.101. The fraction of sp³-hybridized carbons (Fsp3) is 0.387. The second kappa shape index (κ2) is 9.55. The van der Waals surface area contributed by atoms with E-state index in [2.05, 4.69) is 58.0 Å². The molecular weight excluding hydrogens is 404 g/mol. The predicted octanol–water partition coefficient (Wildman–Crippen LogP) is 8.15. The minimum absolute atomic E-state index is 0.0350. The Bertz CT molecular complexity index is 1100. The number of ketones is 1. The Kier molecular flexibility index (Phi) is 7.17. The number of carbonyl (C=O) groups excluding carboxylic acids is 1. The Balaban J connectivity index is 0.00000149. The van der Waals surface area contributed by atoms with Crippen molar-refractivity contribution in [3.05, 3.63) is 100 Å². The lowest BCUT2D eigenvalue weighted by Gasteiger charge is -2.42. The average molecular weight is 443 g/mol. The summed E-state index contributed by atoms with van der Waals surface area (Å²) in [5.74, 6) is 0.376. The largest absolute Gasteiger partial charge is 0.508 e. The molecule has 3 aromatic rings. The maximum absolute atomic E-state index is 11.8. The molecule has 1 aliphatic rings. The van der Waals surface area contributed by atoms with Crippen LogP contribution < -0.4 is 0 Å². The van der Waals surface area contributed by atoms with E-state index in [9.17, 15) is 9.90 Å². The maximum atomic E-state index is 11.8. The van der Waals surface area contributed by atoms with Gasteiger partial charge >= 0.3 is 0 Å². The Labute approximate surface area is 199 Å². The lowest BCUT2D eigenvalue weighted by atomic mass is 9.62. The van der Waals surface area contributed by atoms with Gasteiger partial charge in [0.15, 0.2) is 5.78 Å². The SMILES string of the molecule is CC.CC(=O)c1ccc(C(c2ccc(O)cc2)c2ccc3c(c2)C(C)(C)CCC3(C)C)cc1. The molecule has 174 valence electrons. The zero-order valence-corrected chi connectivity index (χ0v) is 21.2. The number of phenolic OH excluding ortho intramolecular Hbond substituents is 1. The van der Waals surface area contributed by atoms with Crippen LogP contribution in [0.3, 0.4) is 0 Å². The van der Waals surface area contributed by atoms with Crippen LogP contribution in [0, 0.1) is 0 Å². The van der Waals surface area contributed by atoms with Gasteiger partial charge in [-0.05, 0) is 70.5 Å². The highest BCUT2D eigenvalue weighted by atomic mass is 16.3. The molecule has 2 nitrogen and oxygen atoms in total. The van der Waals surface area contributed by atoms with Gasteiger partial charge in [0.25, 0.3) is 0 Å². The van der Waals surface area contributed by atoms with E-state index in [-0.39, 0.29) is 28.3 Å². The zero-order chi connectivity index (χ0) is 24.4. The quantitative estimate of drug-likeness (QED) is 0.327. The summed E-state index contributed by atoms with van der Waals surface area (Å²) in [6.45, 7) is 15.0. The Morgan fingerprint density at radius 3 is 1.70 bits per heavy atom. The second-order valence-corrected chi connectivity index (χ2v) is 10.3. The first-order valence-electron chi connectivity index (χ1n) is 12.1. The highest BCUT2D eigenvalue weighted by Gasteiger charge is 2.37. The molecule has 0 heterocycles. The molecule has 0 amide bonds. The van der Waals surface area contributed by atoms with Crippen molar-refractivity contribution < 1.29 is 9.90 Å². The van der Waals surface area contributed by atoms with E-state index in [0.717, 1.165) is 16.7 Å². The van der Waals surface area contributed by atoms with Gasteiger partial charge in [0, 0.05) is 11.5 Å². The number of fused-ring (bicyclic) bond motifs is 1. The van der Waals surface area contributed by atoms with Crippen molar-refractivity contribution in [3.8, 4) is 5.75 Å². The first kappa shape index (κ1) is 24.8. The molecule has 1 N–H and O–H groups in total. The summed E-state index contributed by atoms with van der Waals surface area (Å²) in [6, 6.07) is 22.4. The molecule has 0 bridgehead atoms. The van der Waals surface area contributed by atoms with Crippen molar-refractivity contribution in [3.63, 3.8) is 0 Å². The average Bonchev–Trinajstić information content (AvgIpc) is 2.80. The minimum atomic E-state index is 0.0350. The first-order chi connectivity index (χ1) is 15.6. The fourth-order valence-corrected chi connectivity index (χ4v) is 4.94. The fourth-order valence-electron chi connectivity index (χ4n) is 4.94. The van der Waals surface area contributed by atoms with Crippen molar-refractivity contribution in [2.45, 2.75) is 78.1 Å². The van der Waals surface area contributed by atoms with Crippen molar-refractivity contribution in [1.82, 2.24) is 0 Å². The first-order valence-corrected chi connectivity index (χ1v) is 12.1. The number of benzene rings is 3. The molecule has 2 heteroatoms. The van der Waals surface area contributed by atoms with Gasteiger partial charge in [0.2, 0.25) is 0 Å². The number of hydrogen-bond acceptors (Lipinski definition) is 2. The molecule has 0 aliphatic heterocycles. The zero-order valence-electron chi connectivity index (χ0n) is 21.2. The third-order valence-corrected chi connectivity index (χ3v) is 7.09. The molecule has 1 unspecified atom stereocenters. The molecule has 0 spiro atoms. The molecule has 4 rings (SSSR count). The third-order valence-electron chi connectivity index (χ3n) is 7.09. The van der Waals surface area contributed by atoms with Crippen molar-refractivity contribution >= 4 is 5.78 Å². The third kappa shape index (κ3) is 5.05. The normalized spacial score (nSPS) is 16.7. The van der Waals surface area contributed by atoms with Crippen molar-refractivity contribution in [2.75, 3.05) is 0 Å². The monoisotopic (exact) mass is 442 g/mol. The molecule has 0 aromatic heterocycles. The van der Waals surface area contributed by atoms with Crippen LogP contribution in [0.5, 0.6) is 5.75 Å². The summed E-state index contributed by atoms with van der Waals surface area (Å²) >= 11 is 0. The van der Waals surface area contributed by atoms with Crippen LogP contribution in [0.4, 0.5) is 0 Å². The van der Waals surface area contributed by atoms with Crippen LogP contribution >= 0.6 is 0 Å². The number of carbonyl (C=O) groups is 1. The highest BCUT2D eigenvalue weighted by molar-refractivity contribution is 5.94. The predicted molar refractivity (Wildman–Crippen MR) is 139 cm³/mol. The number of aromatic hydroxyl groups is 1. The summed E-state index contributed by atoms with van der Waals surface area (Å²) < 4.78 is 0. The number of Topliss-reactive ketones (excluding diaryl/α,β-unsaturated/α-hetero) is 1. The van der Waals surface area contributed by atoms with E-state index in [1.54, 1.807) is 19.1 Å². The van der Waals surface area contributed by atoms with Crippen LogP contribution in [-0.4, -0.2) is 10.9 Å². The van der Waals surface area contributed by atoms with Crippen LogP contribution in [0.2, 0.25) is 0 Å². The molecule has 3 aromatic carbocycles. The summed E-state index contributed by atoms with van der Waals surface area (Å²) in [5.41, 5.74) is 7.44. The molecule has 33 heavy (non-hydrogen) atoms. The van der Waals surface area contributed by atoms with Crippen molar-refractivity contribution in [1.29, 1.82) is 0 Å². The van der Waals surface area contributed by atoms with Crippen LogP contribution in [-0.2, 0) is 10.8 Å². The topological polar surface area (TPSA) is 37.3 Å². The molecule has 1 aliphatic carbocycles. The van der Waals surface area contributed by atoms with Crippen molar-refractivity contribution in [2.24, 2.45) is 0 Å². The minimum Gasteiger partial charge on any atom is -0.508 e. The van der Waals surface area contributed by atoms with E-state index in [0.29, 0.717) is 0 Å². The Morgan fingerprint density at radius 2 is 1.18 bits per heavy atom. The van der Waals surface area contributed by atoms with E-state index in [4.69, 9.17) is 0 Å². The van der Waals surface area contributed by atoms with Crippen LogP contribution in [0.25, 0.3) is 0 Å².